The number of methoxy groups -OCH3 is 3. The zero-order valence-corrected chi connectivity index (χ0v) is 21.4. The first-order valence-electron chi connectivity index (χ1n) is 11.4. The van der Waals surface area contributed by atoms with Crippen LogP contribution in [0.5, 0.6) is 11.5 Å². The minimum atomic E-state index is -1.32. The van der Waals surface area contributed by atoms with Crippen LogP contribution in [0.1, 0.15) is 29.2 Å². The smallest absolute Gasteiger partial charge is 0.325 e. The summed E-state index contributed by atoms with van der Waals surface area (Å²) in [5, 5.41) is 0. The first-order valence-corrected chi connectivity index (χ1v) is 12.2. The van der Waals surface area contributed by atoms with Crippen molar-refractivity contribution in [2.24, 2.45) is 0 Å². The lowest BCUT2D eigenvalue weighted by Gasteiger charge is -2.35. The van der Waals surface area contributed by atoms with Gasteiger partial charge in [-0.05, 0) is 48.9 Å². The molecule has 0 aromatic heterocycles. The van der Waals surface area contributed by atoms with E-state index in [0.717, 1.165) is 16.0 Å². The number of thioether (sulfide) groups is 1. The van der Waals surface area contributed by atoms with Crippen LogP contribution in [0.25, 0.3) is 0 Å². The second kappa shape index (κ2) is 10.6. The van der Waals surface area contributed by atoms with Crippen LogP contribution in [0.3, 0.4) is 0 Å². The molecule has 4 rings (SSSR count). The van der Waals surface area contributed by atoms with Crippen LogP contribution in [-0.4, -0.2) is 42.9 Å². The summed E-state index contributed by atoms with van der Waals surface area (Å²) in [6.07, 6.45) is -0.0993. The first kappa shape index (κ1) is 25.6. The maximum absolute atomic E-state index is 14.4. The number of rotatable bonds is 8. The maximum Gasteiger partial charge on any atom is 0.325 e. The number of halogens is 1. The van der Waals surface area contributed by atoms with Crippen molar-refractivity contribution < 1.29 is 28.2 Å². The van der Waals surface area contributed by atoms with Crippen LogP contribution < -0.4 is 9.47 Å². The molecule has 1 heterocycles. The van der Waals surface area contributed by atoms with Crippen molar-refractivity contribution in [3.63, 3.8) is 0 Å². The molecule has 0 bridgehead atoms. The van der Waals surface area contributed by atoms with Crippen molar-refractivity contribution in [3.8, 4) is 11.5 Å². The number of nitrogens with zero attached hydrogens (tertiary/aromatic N) is 1. The molecule has 1 saturated heterocycles. The number of hydrogen-bond acceptors (Lipinski definition) is 6. The number of carbonyl (C=O) groups is 2. The summed E-state index contributed by atoms with van der Waals surface area (Å²) in [5.41, 5.74) is 2.32. The molecule has 0 aliphatic carbocycles. The summed E-state index contributed by atoms with van der Waals surface area (Å²) in [5.74, 6) is -0.0780. The number of ether oxygens (including phenoxy) is 3. The van der Waals surface area contributed by atoms with E-state index in [1.54, 1.807) is 43.4 Å². The Labute approximate surface area is 214 Å². The molecule has 8 heteroatoms. The summed E-state index contributed by atoms with van der Waals surface area (Å²) < 4.78 is 29.2. The fourth-order valence-corrected chi connectivity index (χ4v) is 6.03. The minimum Gasteiger partial charge on any atom is -0.497 e. The van der Waals surface area contributed by atoms with E-state index < -0.39 is 22.6 Å². The van der Waals surface area contributed by atoms with Gasteiger partial charge in [0, 0.05) is 23.1 Å². The van der Waals surface area contributed by atoms with Crippen molar-refractivity contribution in [1.29, 1.82) is 0 Å². The Bertz CT molecular complexity index is 1270. The highest BCUT2D eigenvalue weighted by molar-refractivity contribution is 8.01. The van der Waals surface area contributed by atoms with E-state index in [9.17, 15) is 14.0 Å². The average molecular weight is 510 g/mol. The highest BCUT2D eigenvalue weighted by Gasteiger charge is 2.59. The van der Waals surface area contributed by atoms with Crippen molar-refractivity contribution >= 4 is 23.6 Å². The Balaban J connectivity index is 1.84. The fourth-order valence-electron chi connectivity index (χ4n) is 4.60. The van der Waals surface area contributed by atoms with Gasteiger partial charge in [0.1, 0.15) is 17.3 Å². The average Bonchev–Trinajstić information content (AvgIpc) is 3.16. The van der Waals surface area contributed by atoms with Gasteiger partial charge >= 0.3 is 5.97 Å². The third kappa shape index (κ3) is 4.91. The maximum atomic E-state index is 14.4. The highest BCUT2D eigenvalue weighted by atomic mass is 32.2. The molecule has 1 amide bonds. The quantitative estimate of drug-likeness (QED) is 0.383. The SMILES string of the molecule is COC(=O)[C@@]1(Sc2ccc(C)cc2)CC(=O)N(Cc2ccc(OC)cc2OC)C1c1cccc(F)c1. The van der Waals surface area contributed by atoms with Gasteiger partial charge in [0.15, 0.2) is 4.75 Å². The molecule has 0 spiro atoms. The second-order valence-electron chi connectivity index (χ2n) is 8.63. The van der Waals surface area contributed by atoms with Crippen LogP contribution >= 0.6 is 11.8 Å². The summed E-state index contributed by atoms with van der Waals surface area (Å²) >= 11 is 1.27. The molecule has 1 fully saturated rings. The van der Waals surface area contributed by atoms with Crippen LogP contribution in [0.2, 0.25) is 0 Å². The van der Waals surface area contributed by atoms with Gasteiger partial charge in [-0.15, -0.1) is 11.8 Å². The van der Waals surface area contributed by atoms with Gasteiger partial charge in [0.2, 0.25) is 5.91 Å². The Morgan fingerprint density at radius 2 is 1.81 bits per heavy atom. The van der Waals surface area contributed by atoms with E-state index in [0.29, 0.717) is 17.1 Å². The van der Waals surface area contributed by atoms with E-state index in [-0.39, 0.29) is 18.9 Å². The Morgan fingerprint density at radius 3 is 2.44 bits per heavy atom. The highest BCUT2D eigenvalue weighted by Crippen LogP contribution is 2.54. The van der Waals surface area contributed by atoms with Crippen LogP contribution in [0.15, 0.2) is 71.6 Å². The Morgan fingerprint density at radius 1 is 1.06 bits per heavy atom. The van der Waals surface area contributed by atoms with Gasteiger partial charge in [0.25, 0.3) is 0 Å². The lowest BCUT2D eigenvalue weighted by Crippen LogP contribution is -2.42. The van der Waals surface area contributed by atoms with Crippen LogP contribution in [0.4, 0.5) is 4.39 Å². The van der Waals surface area contributed by atoms with Crippen LogP contribution in [-0.2, 0) is 20.9 Å². The van der Waals surface area contributed by atoms with Crippen molar-refractivity contribution in [3.05, 3.63) is 89.2 Å². The van der Waals surface area contributed by atoms with E-state index >= 15 is 0 Å². The number of amides is 1. The predicted molar refractivity (Wildman–Crippen MR) is 136 cm³/mol. The normalized spacial score (nSPS) is 19.3. The molecule has 1 unspecified atom stereocenters. The molecule has 1 aliphatic rings. The lowest BCUT2D eigenvalue weighted by atomic mass is 9.92. The number of carbonyl (C=O) groups excluding carboxylic acids is 2. The Hall–Kier alpha value is -3.52. The van der Waals surface area contributed by atoms with E-state index in [1.165, 1.54) is 31.0 Å². The van der Waals surface area contributed by atoms with Gasteiger partial charge in [-0.25, -0.2) is 4.39 Å². The molecule has 6 nitrogen and oxygen atoms in total. The lowest BCUT2D eigenvalue weighted by molar-refractivity contribution is -0.144. The second-order valence-corrected chi connectivity index (χ2v) is 10.0. The molecule has 0 N–H and O–H groups in total. The molecule has 1 aliphatic heterocycles. The van der Waals surface area contributed by atoms with Gasteiger partial charge < -0.3 is 19.1 Å². The molecule has 0 saturated carbocycles. The molecule has 36 heavy (non-hydrogen) atoms. The first-order chi connectivity index (χ1) is 17.3. The van der Waals surface area contributed by atoms with E-state index in [1.807, 2.05) is 37.3 Å². The summed E-state index contributed by atoms with van der Waals surface area (Å²) in [7, 11) is 4.41. The topological polar surface area (TPSA) is 65.1 Å². The van der Waals surface area contributed by atoms with E-state index in [4.69, 9.17) is 14.2 Å². The zero-order valence-electron chi connectivity index (χ0n) is 20.6. The van der Waals surface area contributed by atoms with Crippen molar-refractivity contribution in [2.45, 2.75) is 35.6 Å². The molecule has 0 radical (unpaired) electrons. The number of esters is 1. The van der Waals surface area contributed by atoms with Gasteiger partial charge in [0.05, 0.1) is 33.8 Å². The molecular formula is C28H28FNO5S. The third-order valence-corrected chi connectivity index (χ3v) is 7.75. The predicted octanol–water partition coefficient (Wildman–Crippen LogP) is 5.33. The summed E-state index contributed by atoms with van der Waals surface area (Å²) in [6.45, 7) is 2.13. The van der Waals surface area contributed by atoms with Gasteiger partial charge in [-0.3, -0.25) is 9.59 Å². The fraction of sp³-hybridized carbons (Fsp3) is 0.286. The third-order valence-electron chi connectivity index (χ3n) is 6.34. The van der Waals surface area contributed by atoms with Crippen molar-refractivity contribution in [2.75, 3.05) is 21.3 Å². The largest absolute Gasteiger partial charge is 0.497 e. The van der Waals surface area contributed by atoms with E-state index in [2.05, 4.69) is 0 Å². The standard InChI is InChI=1S/C28H28FNO5S/c1-18-8-12-23(13-9-18)36-28(27(32)35-4)16-25(31)30(26(28)19-6-5-7-21(29)14-19)17-20-10-11-22(33-2)15-24(20)34-3/h5-15,26H,16-17H2,1-4H3/t26?,28-/m1/s1. The van der Waals surface area contributed by atoms with Crippen molar-refractivity contribution in [1.82, 2.24) is 4.90 Å². The monoisotopic (exact) mass is 509 g/mol. The van der Waals surface area contributed by atoms with Gasteiger partial charge in [-0.1, -0.05) is 29.8 Å². The molecular weight excluding hydrogens is 481 g/mol. The minimum absolute atomic E-state index is 0.0993. The molecule has 188 valence electrons. The summed E-state index contributed by atoms with van der Waals surface area (Å²) in [6, 6.07) is 18.3. The zero-order chi connectivity index (χ0) is 25.9. The number of likely N-dealkylation sites (tertiary alicyclic amines) is 1. The number of hydrogen-bond donors (Lipinski definition) is 0. The number of benzene rings is 3. The summed E-state index contributed by atoms with van der Waals surface area (Å²) in [4.78, 5) is 29.5. The molecule has 3 aromatic rings. The molecule has 3 aromatic carbocycles. The van der Waals surface area contributed by atoms with Gasteiger partial charge in [-0.2, -0.15) is 0 Å². The number of aryl methyl sites for hydroxylation is 1. The molecule has 2 atom stereocenters. The van der Waals surface area contributed by atoms with Crippen LogP contribution in [0, 0.1) is 12.7 Å². The Kier molecular flexibility index (Phi) is 7.54.